The van der Waals surface area contributed by atoms with Crippen LogP contribution in [0.3, 0.4) is 0 Å². The average molecular weight is 284 g/mol. The summed E-state index contributed by atoms with van der Waals surface area (Å²) in [6.45, 7) is 8.21. The molecule has 0 spiro atoms. The smallest absolute Gasteiger partial charge is 0.223 e. The number of hydrogen-bond acceptors (Lipinski definition) is 3. The zero-order valence-corrected chi connectivity index (χ0v) is 13.1. The summed E-state index contributed by atoms with van der Waals surface area (Å²) in [6.07, 6.45) is 2.86. The Labute approximate surface area is 127 Å². The van der Waals surface area contributed by atoms with Gasteiger partial charge in [-0.15, -0.1) is 0 Å². The van der Waals surface area contributed by atoms with Crippen LogP contribution in [-0.2, 0) is 6.54 Å². The second-order valence-corrected chi connectivity index (χ2v) is 5.20. The van der Waals surface area contributed by atoms with E-state index in [0.717, 1.165) is 30.8 Å². The summed E-state index contributed by atoms with van der Waals surface area (Å²) in [5.41, 5.74) is 2.32. The Kier molecular flexibility index (Phi) is 5.76. The van der Waals surface area contributed by atoms with E-state index < -0.39 is 0 Å². The lowest BCUT2D eigenvalue weighted by atomic mass is 9.98. The highest BCUT2D eigenvalue weighted by molar-refractivity contribution is 5.40. The molecule has 1 atom stereocenters. The molecule has 0 radical (unpaired) electrons. The number of ether oxygens (including phenoxy) is 1. The van der Waals surface area contributed by atoms with Gasteiger partial charge >= 0.3 is 0 Å². The molecular formula is C18H24N2O. The summed E-state index contributed by atoms with van der Waals surface area (Å²) in [5.74, 6) is 2.07. The first-order chi connectivity index (χ1) is 10.3. The average Bonchev–Trinajstić information content (AvgIpc) is 2.54. The van der Waals surface area contributed by atoms with Crippen molar-refractivity contribution in [2.24, 2.45) is 0 Å². The summed E-state index contributed by atoms with van der Waals surface area (Å²) in [6, 6.07) is 12.2. The van der Waals surface area contributed by atoms with Crippen molar-refractivity contribution in [2.45, 2.75) is 39.7 Å². The SMILES string of the molecule is CCNCc1cccnc1Oc1ccccc1C(C)CC. The molecule has 3 nitrogen and oxygen atoms in total. The first kappa shape index (κ1) is 15.5. The van der Waals surface area contributed by atoms with Gasteiger partial charge in [-0.3, -0.25) is 0 Å². The molecule has 1 heterocycles. The molecule has 1 aromatic carbocycles. The molecule has 2 aromatic rings. The quantitative estimate of drug-likeness (QED) is 0.813. The third-order valence-corrected chi connectivity index (χ3v) is 3.68. The molecule has 0 saturated carbocycles. The normalized spacial score (nSPS) is 12.1. The Bertz CT molecular complexity index is 569. The van der Waals surface area contributed by atoms with Gasteiger partial charge in [-0.05, 0) is 36.6 Å². The molecule has 0 fully saturated rings. The van der Waals surface area contributed by atoms with Gasteiger partial charge in [-0.25, -0.2) is 4.98 Å². The van der Waals surface area contributed by atoms with Gasteiger partial charge in [0.25, 0.3) is 0 Å². The summed E-state index contributed by atoms with van der Waals surface area (Å²) >= 11 is 0. The lowest BCUT2D eigenvalue weighted by molar-refractivity contribution is 0.443. The van der Waals surface area contributed by atoms with Gasteiger partial charge in [0.1, 0.15) is 5.75 Å². The van der Waals surface area contributed by atoms with Crippen molar-refractivity contribution >= 4 is 0 Å². The summed E-state index contributed by atoms with van der Waals surface area (Å²) in [5, 5.41) is 3.32. The number of hydrogen-bond donors (Lipinski definition) is 1. The fourth-order valence-electron chi connectivity index (χ4n) is 2.21. The van der Waals surface area contributed by atoms with E-state index in [0.29, 0.717) is 11.8 Å². The van der Waals surface area contributed by atoms with Crippen LogP contribution < -0.4 is 10.1 Å². The number of para-hydroxylation sites is 1. The maximum Gasteiger partial charge on any atom is 0.223 e. The molecule has 0 bridgehead atoms. The van der Waals surface area contributed by atoms with E-state index >= 15 is 0 Å². The molecule has 0 saturated heterocycles. The molecule has 1 unspecified atom stereocenters. The first-order valence-electron chi connectivity index (χ1n) is 7.67. The van der Waals surface area contributed by atoms with E-state index in [9.17, 15) is 0 Å². The Morgan fingerprint density at radius 3 is 2.71 bits per heavy atom. The van der Waals surface area contributed by atoms with Crippen LogP contribution in [0.4, 0.5) is 0 Å². The molecule has 21 heavy (non-hydrogen) atoms. The highest BCUT2D eigenvalue weighted by Crippen LogP contribution is 2.32. The van der Waals surface area contributed by atoms with Crippen molar-refractivity contribution in [3.05, 3.63) is 53.7 Å². The highest BCUT2D eigenvalue weighted by atomic mass is 16.5. The fraction of sp³-hybridized carbons (Fsp3) is 0.389. The maximum atomic E-state index is 6.11. The van der Waals surface area contributed by atoms with Crippen LogP contribution >= 0.6 is 0 Å². The number of pyridine rings is 1. The van der Waals surface area contributed by atoms with Crippen molar-refractivity contribution in [3.8, 4) is 11.6 Å². The highest BCUT2D eigenvalue weighted by Gasteiger charge is 2.12. The van der Waals surface area contributed by atoms with Gasteiger partial charge in [0, 0.05) is 18.3 Å². The molecular weight excluding hydrogens is 260 g/mol. The predicted molar refractivity (Wildman–Crippen MR) is 86.8 cm³/mol. The molecule has 2 rings (SSSR count). The van der Waals surface area contributed by atoms with Gasteiger partial charge in [0.2, 0.25) is 5.88 Å². The third kappa shape index (κ3) is 4.05. The van der Waals surface area contributed by atoms with Crippen molar-refractivity contribution < 1.29 is 4.74 Å². The van der Waals surface area contributed by atoms with Crippen LogP contribution in [0, 0.1) is 0 Å². The Balaban J connectivity index is 2.26. The Hall–Kier alpha value is -1.87. The lowest BCUT2D eigenvalue weighted by Crippen LogP contribution is -2.12. The minimum absolute atomic E-state index is 0.474. The van der Waals surface area contributed by atoms with E-state index in [1.54, 1.807) is 6.20 Å². The molecule has 0 amide bonds. The van der Waals surface area contributed by atoms with Gasteiger partial charge in [-0.2, -0.15) is 0 Å². The zero-order valence-electron chi connectivity index (χ0n) is 13.1. The Morgan fingerprint density at radius 2 is 1.95 bits per heavy atom. The molecule has 1 N–H and O–H groups in total. The fourth-order valence-corrected chi connectivity index (χ4v) is 2.21. The first-order valence-corrected chi connectivity index (χ1v) is 7.67. The predicted octanol–water partition coefficient (Wildman–Crippen LogP) is 4.50. The number of aromatic nitrogens is 1. The molecule has 0 aliphatic carbocycles. The third-order valence-electron chi connectivity index (χ3n) is 3.68. The maximum absolute atomic E-state index is 6.11. The minimum atomic E-state index is 0.474. The lowest BCUT2D eigenvalue weighted by Gasteiger charge is -2.16. The van der Waals surface area contributed by atoms with Crippen LogP contribution in [0.25, 0.3) is 0 Å². The van der Waals surface area contributed by atoms with E-state index in [1.165, 1.54) is 5.56 Å². The van der Waals surface area contributed by atoms with Crippen LogP contribution in [0.5, 0.6) is 11.6 Å². The van der Waals surface area contributed by atoms with Crippen molar-refractivity contribution in [1.29, 1.82) is 0 Å². The van der Waals surface area contributed by atoms with Gasteiger partial charge in [-0.1, -0.05) is 45.0 Å². The summed E-state index contributed by atoms with van der Waals surface area (Å²) < 4.78 is 6.11. The molecule has 3 heteroatoms. The van der Waals surface area contributed by atoms with Crippen LogP contribution in [0.2, 0.25) is 0 Å². The topological polar surface area (TPSA) is 34.2 Å². The van der Waals surface area contributed by atoms with E-state index in [1.807, 2.05) is 18.2 Å². The monoisotopic (exact) mass is 284 g/mol. The van der Waals surface area contributed by atoms with Gasteiger partial charge in [0.05, 0.1) is 0 Å². The zero-order chi connectivity index (χ0) is 15.1. The Morgan fingerprint density at radius 1 is 1.14 bits per heavy atom. The number of rotatable bonds is 7. The molecule has 0 aliphatic heterocycles. The molecule has 0 aliphatic rings. The second kappa shape index (κ2) is 7.79. The standard InChI is InChI=1S/C18H24N2O/c1-4-14(3)16-10-6-7-11-17(16)21-18-15(13-19-5-2)9-8-12-20-18/h6-12,14,19H,4-5,13H2,1-3H3. The number of benzene rings is 1. The largest absolute Gasteiger partial charge is 0.438 e. The van der Waals surface area contributed by atoms with Gasteiger partial charge < -0.3 is 10.1 Å². The molecule has 1 aromatic heterocycles. The van der Waals surface area contributed by atoms with Crippen molar-refractivity contribution in [3.63, 3.8) is 0 Å². The van der Waals surface area contributed by atoms with Crippen molar-refractivity contribution in [2.75, 3.05) is 6.54 Å². The summed E-state index contributed by atoms with van der Waals surface area (Å²) in [7, 11) is 0. The second-order valence-electron chi connectivity index (χ2n) is 5.20. The summed E-state index contributed by atoms with van der Waals surface area (Å²) in [4.78, 5) is 4.39. The van der Waals surface area contributed by atoms with Crippen LogP contribution in [0.1, 0.15) is 44.2 Å². The van der Waals surface area contributed by atoms with E-state index in [2.05, 4.69) is 49.3 Å². The van der Waals surface area contributed by atoms with Crippen LogP contribution in [-0.4, -0.2) is 11.5 Å². The molecule has 112 valence electrons. The van der Waals surface area contributed by atoms with E-state index in [4.69, 9.17) is 4.74 Å². The van der Waals surface area contributed by atoms with Crippen LogP contribution in [0.15, 0.2) is 42.6 Å². The van der Waals surface area contributed by atoms with Crippen molar-refractivity contribution in [1.82, 2.24) is 10.3 Å². The number of nitrogens with zero attached hydrogens (tertiary/aromatic N) is 1. The van der Waals surface area contributed by atoms with Gasteiger partial charge in [0.15, 0.2) is 0 Å². The minimum Gasteiger partial charge on any atom is -0.438 e. The van der Waals surface area contributed by atoms with E-state index in [-0.39, 0.29) is 0 Å². The number of nitrogens with one attached hydrogen (secondary N) is 1.